The minimum Gasteiger partial charge on any atom is -0.389 e. The van der Waals surface area contributed by atoms with E-state index in [0.29, 0.717) is 11.7 Å². The lowest BCUT2D eigenvalue weighted by atomic mass is 9.95. The SMILES string of the molecule is Cn1c(N)nnc1SCC1(O)CCNCC1. The zero-order valence-corrected chi connectivity index (χ0v) is 10.1. The van der Waals surface area contributed by atoms with Crippen molar-refractivity contribution >= 4 is 17.7 Å². The number of nitrogen functional groups attached to an aromatic ring is 1. The molecule has 1 saturated heterocycles. The predicted octanol–water partition coefficient (Wildman–Crippen LogP) is -0.396. The molecule has 0 unspecified atom stereocenters. The molecule has 0 bridgehead atoms. The molecule has 2 heterocycles. The fourth-order valence-electron chi connectivity index (χ4n) is 1.69. The van der Waals surface area contributed by atoms with Gasteiger partial charge in [0.2, 0.25) is 5.95 Å². The summed E-state index contributed by atoms with van der Waals surface area (Å²) < 4.78 is 1.73. The maximum absolute atomic E-state index is 10.3. The van der Waals surface area contributed by atoms with Crippen LogP contribution in [0, 0.1) is 0 Å². The van der Waals surface area contributed by atoms with Gasteiger partial charge >= 0.3 is 0 Å². The number of thioether (sulfide) groups is 1. The molecule has 0 amide bonds. The number of hydrogen-bond donors (Lipinski definition) is 3. The van der Waals surface area contributed by atoms with Gasteiger partial charge in [-0.15, -0.1) is 10.2 Å². The lowest BCUT2D eigenvalue weighted by molar-refractivity contribution is 0.0338. The number of nitrogens with zero attached hydrogens (tertiary/aromatic N) is 3. The van der Waals surface area contributed by atoms with Crippen molar-refractivity contribution in [1.82, 2.24) is 20.1 Å². The molecular weight excluding hydrogens is 226 g/mol. The Morgan fingerprint density at radius 2 is 2.19 bits per heavy atom. The van der Waals surface area contributed by atoms with E-state index in [4.69, 9.17) is 5.73 Å². The summed E-state index contributed by atoms with van der Waals surface area (Å²) in [5.41, 5.74) is 5.00. The van der Waals surface area contributed by atoms with Gasteiger partial charge in [-0.2, -0.15) is 0 Å². The van der Waals surface area contributed by atoms with Crippen LogP contribution in [0.3, 0.4) is 0 Å². The summed E-state index contributed by atoms with van der Waals surface area (Å²) in [6.07, 6.45) is 1.57. The van der Waals surface area contributed by atoms with E-state index in [1.165, 1.54) is 11.8 Å². The average Bonchev–Trinajstić information content (AvgIpc) is 2.58. The van der Waals surface area contributed by atoms with E-state index in [0.717, 1.165) is 31.1 Å². The van der Waals surface area contributed by atoms with E-state index in [9.17, 15) is 5.11 Å². The molecule has 1 fully saturated rings. The first-order chi connectivity index (χ1) is 7.61. The maximum Gasteiger partial charge on any atom is 0.222 e. The fourth-order valence-corrected chi connectivity index (χ4v) is 2.76. The van der Waals surface area contributed by atoms with Crippen LogP contribution in [0.4, 0.5) is 5.95 Å². The highest BCUT2D eigenvalue weighted by molar-refractivity contribution is 7.99. The molecule has 6 nitrogen and oxygen atoms in total. The van der Waals surface area contributed by atoms with Crippen molar-refractivity contribution in [2.24, 2.45) is 7.05 Å². The number of aliphatic hydroxyl groups is 1. The van der Waals surface area contributed by atoms with E-state index in [1.807, 2.05) is 7.05 Å². The molecule has 7 heteroatoms. The first kappa shape index (κ1) is 11.7. The Balaban J connectivity index is 1.93. The second kappa shape index (κ2) is 4.60. The molecule has 0 spiro atoms. The second-order valence-corrected chi connectivity index (χ2v) is 5.11. The molecular formula is C9H17N5OS. The minimum atomic E-state index is -0.587. The summed E-state index contributed by atoms with van der Waals surface area (Å²) in [6, 6.07) is 0. The van der Waals surface area contributed by atoms with E-state index in [2.05, 4.69) is 15.5 Å². The van der Waals surface area contributed by atoms with Crippen molar-refractivity contribution in [3.05, 3.63) is 0 Å². The summed E-state index contributed by atoms with van der Waals surface area (Å²) in [5.74, 6) is 1.04. The Bertz CT molecular complexity index is 361. The van der Waals surface area contributed by atoms with Gasteiger partial charge in [0.05, 0.1) is 5.60 Å². The van der Waals surface area contributed by atoms with Crippen LogP contribution in [0.25, 0.3) is 0 Å². The number of nitrogens with one attached hydrogen (secondary N) is 1. The highest BCUT2D eigenvalue weighted by Crippen LogP contribution is 2.27. The van der Waals surface area contributed by atoms with Gasteiger partial charge < -0.3 is 16.2 Å². The van der Waals surface area contributed by atoms with Crippen molar-refractivity contribution in [2.45, 2.75) is 23.6 Å². The third kappa shape index (κ3) is 2.47. The van der Waals surface area contributed by atoms with Gasteiger partial charge in [0.15, 0.2) is 5.16 Å². The normalized spacial score (nSPS) is 19.9. The lowest BCUT2D eigenvalue weighted by Gasteiger charge is -2.31. The average molecular weight is 243 g/mol. The third-order valence-corrected chi connectivity index (χ3v) is 4.17. The van der Waals surface area contributed by atoms with Crippen LogP contribution in [0.15, 0.2) is 5.16 Å². The van der Waals surface area contributed by atoms with Gasteiger partial charge in [-0.05, 0) is 25.9 Å². The number of aromatic nitrogens is 3. The van der Waals surface area contributed by atoms with Crippen LogP contribution < -0.4 is 11.1 Å². The minimum absolute atomic E-state index is 0.403. The van der Waals surface area contributed by atoms with Crippen molar-refractivity contribution in [2.75, 3.05) is 24.6 Å². The predicted molar refractivity (Wildman–Crippen MR) is 63.2 cm³/mol. The Hall–Kier alpha value is -0.790. The van der Waals surface area contributed by atoms with Crippen molar-refractivity contribution in [3.8, 4) is 0 Å². The summed E-state index contributed by atoms with van der Waals surface area (Å²) in [6.45, 7) is 1.75. The molecule has 0 atom stereocenters. The number of anilines is 1. The Kier molecular flexibility index (Phi) is 3.36. The van der Waals surface area contributed by atoms with E-state index < -0.39 is 5.60 Å². The van der Waals surface area contributed by atoms with Crippen molar-refractivity contribution < 1.29 is 5.11 Å². The molecule has 0 radical (unpaired) electrons. The largest absolute Gasteiger partial charge is 0.389 e. The highest BCUT2D eigenvalue weighted by atomic mass is 32.2. The Labute approximate surface area is 98.6 Å². The molecule has 1 aromatic rings. The summed E-state index contributed by atoms with van der Waals surface area (Å²) in [4.78, 5) is 0. The van der Waals surface area contributed by atoms with Crippen LogP contribution in [0.5, 0.6) is 0 Å². The second-order valence-electron chi connectivity index (χ2n) is 4.16. The Morgan fingerprint density at radius 3 is 2.75 bits per heavy atom. The molecule has 1 aromatic heterocycles. The van der Waals surface area contributed by atoms with Gasteiger partial charge in [-0.25, -0.2) is 0 Å². The molecule has 1 aliphatic rings. The van der Waals surface area contributed by atoms with Crippen molar-refractivity contribution in [3.63, 3.8) is 0 Å². The van der Waals surface area contributed by atoms with Gasteiger partial charge in [0.25, 0.3) is 0 Å². The number of nitrogens with two attached hydrogens (primary N) is 1. The first-order valence-electron chi connectivity index (χ1n) is 5.31. The maximum atomic E-state index is 10.3. The monoisotopic (exact) mass is 243 g/mol. The van der Waals surface area contributed by atoms with Crippen LogP contribution in [0.1, 0.15) is 12.8 Å². The molecule has 16 heavy (non-hydrogen) atoms. The topological polar surface area (TPSA) is 89.0 Å². The molecule has 1 aliphatic heterocycles. The summed E-state index contributed by atoms with van der Waals surface area (Å²) in [5, 5.41) is 22.0. The standard InChI is InChI=1S/C9H17N5OS/c1-14-7(10)12-13-8(14)16-6-9(15)2-4-11-5-3-9/h11,15H,2-6H2,1H3,(H2,10,12). The summed E-state index contributed by atoms with van der Waals surface area (Å²) in [7, 11) is 1.82. The van der Waals surface area contributed by atoms with Gasteiger partial charge in [-0.3, -0.25) is 4.57 Å². The van der Waals surface area contributed by atoms with E-state index >= 15 is 0 Å². The lowest BCUT2D eigenvalue weighted by Crippen LogP contribution is -2.43. The van der Waals surface area contributed by atoms with Gasteiger partial charge in [0.1, 0.15) is 0 Å². The highest BCUT2D eigenvalue weighted by Gasteiger charge is 2.29. The third-order valence-electron chi connectivity index (χ3n) is 2.87. The molecule has 0 saturated carbocycles. The van der Waals surface area contributed by atoms with Crippen LogP contribution in [-0.4, -0.2) is 44.3 Å². The zero-order valence-electron chi connectivity index (χ0n) is 9.31. The number of hydrogen-bond acceptors (Lipinski definition) is 6. The smallest absolute Gasteiger partial charge is 0.222 e. The number of rotatable bonds is 3. The molecule has 4 N–H and O–H groups in total. The number of piperidine rings is 1. The summed E-state index contributed by atoms with van der Waals surface area (Å²) >= 11 is 1.50. The van der Waals surface area contributed by atoms with Crippen LogP contribution in [0.2, 0.25) is 0 Å². The van der Waals surface area contributed by atoms with E-state index in [-0.39, 0.29) is 0 Å². The molecule has 0 aliphatic carbocycles. The molecule has 0 aromatic carbocycles. The molecule has 90 valence electrons. The van der Waals surface area contributed by atoms with Crippen LogP contribution >= 0.6 is 11.8 Å². The first-order valence-corrected chi connectivity index (χ1v) is 6.30. The van der Waals surface area contributed by atoms with Crippen molar-refractivity contribution in [1.29, 1.82) is 0 Å². The quantitative estimate of drug-likeness (QED) is 0.626. The zero-order chi connectivity index (χ0) is 11.6. The van der Waals surface area contributed by atoms with E-state index in [1.54, 1.807) is 4.57 Å². The molecule has 2 rings (SSSR count). The fraction of sp³-hybridized carbons (Fsp3) is 0.778. The van der Waals surface area contributed by atoms with Gasteiger partial charge in [0, 0.05) is 12.8 Å². The Morgan fingerprint density at radius 1 is 1.50 bits per heavy atom. The van der Waals surface area contributed by atoms with Gasteiger partial charge in [-0.1, -0.05) is 11.8 Å². The van der Waals surface area contributed by atoms with Crippen LogP contribution in [-0.2, 0) is 7.05 Å².